The molecule has 1 aliphatic heterocycles. The monoisotopic (exact) mass is 280 g/mol. The topological polar surface area (TPSA) is 67.5 Å². The molecule has 1 aromatic rings. The number of hydrogen-bond donors (Lipinski definition) is 2. The summed E-state index contributed by atoms with van der Waals surface area (Å²) < 4.78 is 10.5. The first-order valence-electron chi connectivity index (χ1n) is 7.68. The van der Waals surface area contributed by atoms with Crippen molar-refractivity contribution in [3.05, 3.63) is 17.5 Å². The van der Waals surface area contributed by atoms with Crippen molar-refractivity contribution in [2.75, 3.05) is 19.8 Å². The predicted octanol–water partition coefficient (Wildman–Crippen LogP) is 1.65. The van der Waals surface area contributed by atoms with Crippen LogP contribution in [0.2, 0.25) is 0 Å². The van der Waals surface area contributed by atoms with E-state index in [0.29, 0.717) is 5.76 Å². The third-order valence-corrected chi connectivity index (χ3v) is 4.53. The fourth-order valence-corrected chi connectivity index (χ4v) is 3.23. The van der Waals surface area contributed by atoms with Gasteiger partial charge < -0.3 is 19.7 Å². The van der Waals surface area contributed by atoms with Crippen LogP contribution in [0.3, 0.4) is 0 Å². The Labute approximate surface area is 119 Å². The summed E-state index contributed by atoms with van der Waals surface area (Å²) in [4.78, 5) is 0. The largest absolute Gasteiger partial charge is 0.388 e. The molecule has 0 amide bonds. The molecule has 2 aliphatic rings. The number of nitrogens with one attached hydrogen (secondary N) is 1. The summed E-state index contributed by atoms with van der Waals surface area (Å²) in [6.45, 7) is 2.46. The van der Waals surface area contributed by atoms with Gasteiger partial charge in [0.25, 0.3) is 0 Å². The van der Waals surface area contributed by atoms with E-state index in [-0.39, 0.29) is 12.1 Å². The zero-order valence-electron chi connectivity index (χ0n) is 11.9. The van der Waals surface area contributed by atoms with Crippen LogP contribution in [0, 0.1) is 5.92 Å². The number of aliphatic hydroxyl groups excluding tert-OH is 1. The van der Waals surface area contributed by atoms with Crippen LogP contribution in [0.4, 0.5) is 0 Å². The van der Waals surface area contributed by atoms with Crippen molar-refractivity contribution in [2.24, 2.45) is 5.92 Å². The molecule has 5 nitrogen and oxygen atoms in total. The number of aliphatic hydroxyl groups is 1. The number of ether oxygens (including phenoxy) is 1. The molecule has 1 saturated heterocycles. The zero-order valence-corrected chi connectivity index (χ0v) is 11.9. The van der Waals surface area contributed by atoms with Gasteiger partial charge in [0.15, 0.2) is 5.76 Å². The van der Waals surface area contributed by atoms with Crippen molar-refractivity contribution in [1.82, 2.24) is 10.5 Å². The third kappa shape index (κ3) is 3.22. The Balaban J connectivity index is 1.53. The fraction of sp³-hybridized carbons (Fsp3) is 0.800. The number of hydrogen-bond acceptors (Lipinski definition) is 5. The minimum Gasteiger partial charge on any atom is -0.388 e. The third-order valence-electron chi connectivity index (χ3n) is 4.53. The van der Waals surface area contributed by atoms with Gasteiger partial charge in [0, 0.05) is 12.5 Å². The molecule has 3 rings (SSSR count). The van der Waals surface area contributed by atoms with Crippen LogP contribution in [-0.4, -0.2) is 35.6 Å². The molecule has 1 aromatic heterocycles. The quantitative estimate of drug-likeness (QED) is 0.829. The van der Waals surface area contributed by atoms with Gasteiger partial charge >= 0.3 is 0 Å². The van der Waals surface area contributed by atoms with Crippen LogP contribution in [-0.2, 0) is 17.8 Å². The SMILES string of the molecule is OCc1cc(CC2(NCC3CCCCC3)COC2)no1. The number of aromatic nitrogens is 1. The van der Waals surface area contributed by atoms with Gasteiger partial charge in [-0.2, -0.15) is 0 Å². The lowest BCUT2D eigenvalue weighted by Crippen LogP contribution is -2.62. The molecule has 0 bridgehead atoms. The Morgan fingerprint density at radius 1 is 1.30 bits per heavy atom. The van der Waals surface area contributed by atoms with Gasteiger partial charge in [0.1, 0.15) is 6.61 Å². The highest BCUT2D eigenvalue weighted by atomic mass is 16.5. The lowest BCUT2D eigenvalue weighted by atomic mass is 9.86. The minimum atomic E-state index is -0.0913. The highest BCUT2D eigenvalue weighted by Gasteiger charge is 2.39. The van der Waals surface area contributed by atoms with E-state index >= 15 is 0 Å². The summed E-state index contributed by atoms with van der Waals surface area (Å²) in [5.41, 5.74) is 0.912. The summed E-state index contributed by atoms with van der Waals surface area (Å²) in [7, 11) is 0. The molecule has 112 valence electrons. The fourth-order valence-electron chi connectivity index (χ4n) is 3.23. The average molecular weight is 280 g/mol. The lowest BCUT2D eigenvalue weighted by molar-refractivity contribution is -0.0764. The Morgan fingerprint density at radius 2 is 2.10 bits per heavy atom. The highest BCUT2D eigenvalue weighted by molar-refractivity contribution is 5.11. The van der Waals surface area contributed by atoms with Crippen LogP contribution in [0.15, 0.2) is 10.6 Å². The molecule has 2 N–H and O–H groups in total. The van der Waals surface area contributed by atoms with E-state index < -0.39 is 0 Å². The van der Waals surface area contributed by atoms with Crippen LogP contribution < -0.4 is 5.32 Å². The van der Waals surface area contributed by atoms with E-state index in [9.17, 15) is 0 Å². The molecule has 2 heterocycles. The maximum absolute atomic E-state index is 9.02. The summed E-state index contributed by atoms with van der Waals surface area (Å²) in [6, 6.07) is 1.84. The van der Waals surface area contributed by atoms with Gasteiger partial charge in [-0.05, 0) is 25.3 Å². The number of nitrogens with zero attached hydrogens (tertiary/aromatic N) is 1. The maximum Gasteiger partial charge on any atom is 0.162 e. The predicted molar refractivity (Wildman–Crippen MR) is 74.3 cm³/mol. The molecule has 2 fully saturated rings. The second kappa shape index (κ2) is 6.24. The molecular weight excluding hydrogens is 256 g/mol. The van der Waals surface area contributed by atoms with E-state index in [1.807, 2.05) is 6.07 Å². The zero-order chi connectivity index (χ0) is 13.8. The van der Waals surface area contributed by atoms with E-state index in [2.05, 4.69) is 10.5 Å². The van der Waals surface area contributed by atoms with Crippen molar-refractivity contribution >= 4 is 0 Å². The van der Waals surface area contributed by atoms with Gasteiger partial charge in [-0.3, -0.25) is 0 Å². The van der Waals surface area contributed by atoms with Crippen molar-refractivity contribution in [3.63, 3.8) is 0 Å². The molecule has 0 unspecified atom stereocenters. The summed E-state index contributed by atoms with van der Waals surface area (Å²) >= 11 is 0. The van der Waals surface area contributed by atoms with E-state index in [1.165, 1.54) is 32.1 Å². The van der Waals surface area contributed by atoms with E-state index in [1.54, 1.807) is 0 Å². The van der Waals surface area contributed by atoms with Gasteiger partial charge in [0.05, 0.1) is 24.4 Å². The molecule has 1 saturated carbocycles. The van der Waals surface area contributed by atoms with Crippen molar-refractivity contribution in [1.29, 1.82) is 0 Å². The van der Waals surface area contributed by atoms with Crippen molar-refractivity contribution in [2.45, 2.75) is 50.7 Å². The molecule has 0 spiro atoms. The first-order chi connectivity index (χ1) is 9.80. The summed E-state index contributed by atoms with van der Waals surface area (Å²) in [5, 5.41) is 16.7. The Kier molecular flexibility index (Phi) is 4.38. The average Bonchev–Trinajstić information content (AvgIpc) is 2.90. The minimum absolute atomic E-state index is 0.0149. The van der Waals surface area contributed by atoms with Gasteiger partial charge in [0.2, 0.25) is 0 Å². The molecule has 0 aromatic carbocycles. The summed E-state index contributed by atoms with van der Waals surface area (Å²) in [5.74, 6) is 1.34. The van der Waals surface area contributed by atoms with E-state index in [0.717, 1.165) is 37.8 Å². The highest BCUT2D eigenvalue weighted by Crippen LogP contribution is 2.26. The van der Waals surface area contributed by atoms with Gasteiger partial charge in [-0.15, -0.1) is 0 Å². The van der Waals surface area contributed by atoms with Crippen LogP contribution in [0.5, 0.6) is 0 Å². The molecular formula is C15H24N2O3. The molecule has 0 radical (unpaired) electrons. The van der Waals surface area contributed by atoms with Crippen molar-refractivity contribution < 1.29 is 14.4 Å². The molecule has 1 aliphatic carbocycles. The van der Waals surface area contributed by atoms with E-state index in [4.69, 9.17) is 14.4 Å². The Hall–Kier alpha value is -0.910. The first-order valence-corrected chi connectivity index (χ1v) is 7.68. The van der Waals surface area contributed by atoms with Gasteiger partial charge in [-0.1, -0.05) is 24.4 Å². The van der Waals surface area contributed by atoms with Crippen LogP contribution in [0.1, 0.15) is 43.6 Å². The molecule has 5 heteroatoms. The van der Waals surface area contributed by atoms with Crippen LogP contribution >= 0.6 is 0 Å². The molecule has 0 atom stereocenters. The standard InChI is InChI=1S/C15H24N2O3/c18-9-14-6-13(17-20-14)7-15(10-19-11-15)16-8-12-4-2-1-3-5-12/h6,12,16,18H,1-5,7-11H2. The van der Waals surface area contributed by atoms with Crippen molar-refractivity contribution in [3.8, 4) is 0 Å². The lowest BCUT2D eigenvalue weighted by Gasteiger charge is -2.43. The van der Waals surface area contributed by atoms with Crippen LogP contribution in [0.25, 0.3) is 0 Å². The number of rotatable bonds is 6. The Morgan fingerprint density at radius 3 is 2.70 bits per heavy atom. The normalized spacial score (nSPS) is 22.6. The first kappa shape index (κ1) is 14.0. The maximum atomic E-state index is 9.02. The summed E-state index contributed by atoms with van der Waals surface area (Å²) in [6.07, 6.45) is 7.65. The Bertz CT molecular complexity index is 423. The van der Waals surface area contributed by atoms with Gasteiger partial charge in [-0.25, -0.2) is 0 Å². The second-order valence-corrected chi connectivity index (χ2v) is 6.28. The molecule has 20 heavy (non-hydrogen) atoms. The smallest absolute Gasteiger partial charge is 0.162 e. The second-order valence-electron chi connectivity index (χ2n) is 6.28.